The fraction of sp³-hybridized carbons (Fsp3) is 0.700. The molecule has 1 heterocycles. The molecule has 0 aliphatic heterocycles. The van der Waals surface area contributed by atoms with E-state index < -0.39 is 12.8 Å². The number of rotatable bonds is 8. The zero-order valence-electron chi connectivity index (χ0n) is 9.41. The average Bonchev–Trinajstić information content (AvgIpc) is 2.73. The molecule has 17 heavy (non-hydrogen) atoms. The number of hydrogen-bond donors (Lipinski definition) is 1. The molecule has 0 radical (unpaired) electrons. The van der Waals surface area contributed by atoms with Crippen molar-refractivity contribution in [1.29, 1.82) is 0 Å². The minimum absolute atomic E-state index is 0.123. The molecule has 0 fully saturated rings. The fourth-order valence-electron chi connectivity index (χ4n) is 1.24. The highest BCUT2D eigenvalue weighted by molar-refractivity contribution is 4.74. The van der Waals surface area contributed by atoms with Gasteiger partial charge in [0, 0.05) is 32.1 Å². The van der Waals surface area contributed by atoms with Crippen molar-refractivity contribution in [3.05, 3.63) is 18.7 Å². The van der Waals surface area contributed by atoms with Crippen LogP contribution in [0.15, 0.2) is 18.7 Å². The highest BCUT2D eigenvalue weighted by atomic mass is 19.4. The molecule has 1 aromatic rings. The predicted octanol–water partition coefficient (Wildman–Crippen LogP) is 1.44. The summed E-state index contributed by atoms with van der Waals surface area (Å²) >= 11 is 0. The fourth-order valence-corrected chi connectivity index (χ4v) is 1.24. The van der Waals surface area contributed by atoms with Crippen LogP contribution in [0.1, 0.15) is 6.42 Å². The van der Waals surface area contributed by atoms with Gasteiger partial charge in [-0.25, -0.2) is 4.98 Å². The first-order valence-corrected chi connectivity index (χ1v) is 5.39. The zero-order valence-corrected chi connectivity index (χ0v) is 9.41. The maximum atomic E-state index is 11.7. The molecule has 0 saturated heterocycles. The molecule has 0 aliphatic carbocycles. The molecule has 1 rings (SSSR count). The van der Waals surface area contributed by atoms with Crippen LogP contribution in [0.5, 0.6) is 0 Å². The number of hydrogen-bond acceptors (Lipinski definition) is 3. The van der Waals surface area contributed by atoms with Crippen molar-refractivity contribution in [2.75, 3.05) is 26.3 Å². The second kappa shape index (κ2) is 7.29. The number of aromatic nitrogens is 2. The van der Waals surface area contributed by atoms with Crippen molar-refractivity contribution < 1.29 is 17.9 Å². The number of halogens is 3. The molecule has 4 nitrogen and oxygen atoms in total. The van der Waals surface area contributed by atoms with Gasteiger partial charge in [-0.3, -0.25) is 0 Å². The SMILES string of the molecule is FC(F)(F)COCCCNCCn1ccnc1. The van der Waals surface area contributed by atoms with E-state index in [4.69, 9.17) is 0 Å². The summed E-state index contributed by atoms with van der Waals surface area (Å²) in [5, 5.41) is 3.11. The molecule has 0 unspecified atom stereocenters. The Morgan fingerprint density at radius 2 is 2.12 bits per heavy atom. The summed E-state index contributed by atoms with van der Waals surface area (Å²) < 4.78 is 41.5. The lowest BCUT2D eigenvalue weighted by Gasteiger charge is -2.08. The van der Waals surface area contributed by atoms with Crippen molar-refractivity contribution in [1.82, 2.24) is 14.9 Å². The van der Waals surface area contributed by atoms with Crippen LogP contribution in [-0.2, 0) is 11.3 Å². The predicted molar refractivity (Wildman–Crippen MR) is 56.6 cm³/mol. The number of ether oxygens (including phenoxy) is 1. The molecular weight excluding hydrogens is 235 g/mol. The first-order valence-electron chi connectivity index (χ1n) is 5.39. The third kappa shape index (κ3) is 7.76. The van der Waals surface area contributed by atoms with Gasteiger partial charge < -0.3 is 14.6 Å². The lowest BCUT2D eigenvalue weighted by Crippen LogP contribution is -2.23. The summed E-state index contributed by atoms with van der Waals surface area (Å²) in [6, 6.07) is 0. The van der Waals surface area contributed by atoms with Gasteiger partial charge in [0.25, 0.3) is 0 Å². The first-order chi connectivity index (χ1) is 8.08. The Bertz CT molecular complexity index is 287. The molecule has 0 saturated carbocycles. The van der Waals surface area contributed by atoms with E-state index in [2.05, 4.69) is 15.0 Å². The van der Waals surface area contributed by atoms with Crippen molar-refractivity contribution >= 4 is 0 Å². The minimum atomic E-state index is -4.23. The molecule has 0 atom stereocenters. The van der Waals surface area contributed by atoms with Crippen LogP contribution in [0.4, 0.5) is 13.2 Å². The minimum Gasteiger partial charge on any atom is -0.372 e. The Morgan fingerprint density at radius 1 is 1.29 bits per heavy atom. The quantitative estimate of drug-likeness (QED) is 0.711. The van der Waals surface area contributed by atoms with E-state index in [1.807, 2.05) is 10.8 Å². The van der Waals surface area contributed by atoms with Gasteiger partial charge in [-0.1, -0.05) is 0 Å². The van der Waals surface area contributed by atoms with Gasteiger partial charge in [0.1, 0.15) is 6.61 Å². The topological polar surface area (TPSA) is 39.1 Å². The maximum Gasteiger partial charge on any atom is 0.411 e. The van der Waals surface area contributed by atoms with Crippen LogP contribution in [0, 0.1) is 0 Å². The summed E-state index contributed by atoms with van der Waals surface area (Å²) in [5.41, 5.74) is 0. The van der Waals surface area contributed by atoms with Gasteiger partial charge in [-0.2, -0.15) is 13.2 Å². The van der Waals surface area contributed by atoms with E-state index >= 15 is 0 Å². The Labute approximate surface area is 97.8 Å². The standard InChI is InChI=1S/C10H16F3N3O/c11-10(12,13)8-17-7-1-2-14-3-5-16-6-4-15-9-16/h4,6,9,14H,1-3,5,7-8H2. The lowest BCUT2D eigenvalue weighted by molar-refractivity contribution is -0.173. The normalized spacial score (nSPS) is 11.9. The molecular formula is C10H16F3N3O. The molecule has 1 N–H and O–H groups in total. The maximum absolute atomic E-state index is 11.7. The van der Waals surface area contributed by atoms with E-state index in [1.54, 1.807) is 12.5 Å². The van der Waals surface area contributed by atoms with Crippen LogP contribution in [-0.4, -0.2) is 42.0 Å². The highest BCUT2D eigenvalue weighted by Crippen LogP contribution is 2.14. The van der Waals surface area contributed by atoms with E-state index in [1.165, 1.54) is 0 Å². The summed E-state index contributed by atoms with van der Waals surface area (Å²) in [6.07, 6.45) is 1.61. The molecule has 0 aliphatic rings. The van der Waals surface area contributed by atoms with Gasteiger partial charge in [-0.05, 0) is 13.0 Å². The number of nitrogens with zero attached hydrogens (tertiary/aromatic N) is 2. The summed E-state index contributed by atoms with van der Waals surface area (Å²) in [5.74, 6) is 0. The van der Waals surface area contributed by atoms with Gasteiger partial charge in [0.2, 0.25) is 0 Å². The largest absolute Gasteiger partial charge is 0.411 e. The van der Waals surface area contributed by atoms with E-state index in [0.717, 1.165) is 13.1 Å². The first kappa shape index (κ1) is 14.0. The Hall–Kier alpha value is -1.08. The summed E-state index contributed by atoms with van der Waals surface area (Å²) in [7, 11) is 0. The third-order valence-electron chi connectivity index (χ3n) is 2.01. The lowest BCUT2D eigenvalue weighted by atomic mass is 10.4. The van der Waals surface area contributed by atoms with Gasteiger partial charge in [0.15, 0.2) is 0 Å². The summed E-state index contributed by atoms with van der Waals surface area (Å²) in [6.45, 7) is 1.16. The molecule has 0 amide bonds. The Morgan fingerprint density at radius 3 is 2.76 bits per heavy atom. The molecule has 0 bridgehead atoms. The molecule has 0 aromatic carbocycles. The van der Waals surface area contributed by atoms with Crippen LogP contribution >= 0.6 is 0 Å². The van der Waals surface area contributed by atoms with Crippen molar-refractivity contribution in [2.24, 2.45) is 0 Å². The van der Waals surface area contributed by atoms with Crippen molar-refractivity contribution in [2.45, 2.75) is 19.1 Å². The van der Waals surface area contributed by atoms with Crippen molar-refractivity contribution in [3.63, 3.8) is 0 Å². The zero-order chi connectivity index (χ0) is 12.6. The van der Waals surface area contributed by atoms with Gasteiger partial charge in [-0.15, -0.1) is 0 Å². The van der Waals surface area contributed by atoms with Crippen LogP contribution < -0.4 is 5.32 Å². The number of nitrogens with one attached hydrogen (secondary N) is 1. The monoisotopic (exact) mass is 251 g/mol. The van der Waals surface area contributed by atoms with E-state index in [-0.39, 0.29) is 6.61 Å². The Kier molecular flexibility index (Phi) is 5.99. The average molecular weight is 251 g/mol. The Balaban J connectivity index is 1.85. The van der Waals surface area contributed by atoms with Crippen molar-refractivity contribution in [3.8, 4) is 0 Å². The third-order valence-corrected chi connectivity index (χ3v) is 2.01. The second-order valence-electron chi connectivity index (χ2n) is 3.57. The highest BCUT2D eigenvalue weighted by Gasteiger charge is 2.26. The summed E-state index contributed by atoms with van der Waals surface area (Å²) in [4.78, 5) is 3.89. The van der Waals surface area contributed by atoms with Crippen LogP contribution in [0.2, 0.25) is 0 Å². The molecule has 1 aromatic heterocycles. The number of alkyl halides is 3. The van der Waals surface area contributed by atoms with E-state index in [0.29, 0.717) is 13.0 Å². The molecule has 98 valence electrons. The van der Waals surface area contributed by atoms with Gasteiger partial charge >= 0.3 is 6.18 Å². The van der Waals surface area contributed by atoms with E-state index in [9.17, 15) is 13.2 Å². The molecule has 0 spiro atoms. The van der Waals surface area contributed by atoms with Gasteiger partial charge in [0.05, 0.1) is 6.33 Å². The number of imidazole rings is 1. The second-order valence-corrected chi connectivity index (χ2v) is 3.57. The smallest absolute Gasteiger partial charge is 0.372 e. The van der Waals surface area contributed by atoms with Crippen LogP contribution in [0.3, 0.4) is 0 Å². The molecule has 7 heteroatoms. The van der Waals surface area contributed by atoms with Crippen LogP contribution in [0.25, 0.3) is 0 Å².